The SMILES string of the molecule is CCN(CCCO)c1ccc(C(F)(F)F)cc1F. The van der Waals surface area contributed by atoms with Crippen LogP contribution in [-0.2, 0) is 6.18 Å². The average Bonchev–Trinajstić information content (AvgIpc) is 2.30. The molecule has 0 aliphatic rings. The molecule has 1 aromatic rings. The Morgan fingerprint density at radius 3 is 2.39 bits per heavy atom. The third kappa shape index (κ3) is 3.60. The fourth-order valence-corrected chi connectivity index (χ4v) is 1.65. The van der Waals surface area contributed by atoms with Gasteiger partial charge in [0.1, 0.15) is 5.82 Å². The fraction of sp³-hybridized carbons (Fsp3) is 0.500. The highest BCUT2D eigenvalue weighted by molar-refractivity contribution is 5.49. The second kappa shape index (κ2) is 6.04. The highest BCUT2D eigenvalue weighted by atomic mass is 19.4. The predicted octanol–water partition coefficient (Wildman–Crippen LogP) is 3.05. The average molecular weight is 265 g/mol. The largest absolute Gasteiger partial charge is 0.416 e. The number of hydrogen-bond donors (Lipinski definition) is 1. The third-order valence-corrected chi connectivity index (χ3v) is 2.58. The Hall–Kier alpha value is -1.30. The van der Waals surface area contributed by atoms with Crippen LogP contribution in [0, 0.1) is 5.82 Å². The van der Waals surface area contributed by atoms with Crippen LogP contribution in [0.5, 0.6) is 0 Å². The van der Waals surface area contributed by atoms with Crippen molar-refractivity contribution in [3.63, 3.8) is 0 Å². The summed E-state index contributed by atoms with van der Waals surface area (Å²) in [6.45, 7) is 2.59. The summed E-state index contributed by atoms with van der Waals surface area (Å²) in [5.41, 5.74) is -0.874. The monoisotopic (exact) mass is 265 g/mol. The van der Waals surface area contributed by atoms with Crippen molar-refractivity contribution in [1.29, 1.82) is 0 Å². The van der Waals surface area contributed by atoms with Crippen LogP contribution in [0.2, 0.25) is 0 Å². The van der Waals surface area contributed by atoms with E-state index in [0.717, 1.165) is 12.1 Å². The van der Waals surface area contributed by atoms with E-state index in [4.69, 9.17) is 5.11 Å². The lowest BCUT2D eigenvalue weighted by molar-refractivity contribution is -0.137. The molecule has 0 bridgehead atoms. The summed E-state index contributed by atoms with van der Waals surface area (Å²) < 4.78 is 50.8. The second-order valence-electron chi connectivity index (χ2n) is 3.82. The van der Waals surface area contributed by atoms with Gasteiger partial charge in [0.25, 0.3) is 0 Å². The van der Waals surface area contributed by atoms with Crippen LogP contribution < -0.4 is 4.90 Å². The van der Waals surface area contributed by atoms with Gasteiger partial charge >= 0.3 is 6.18 Å². The minimum Gasteiger partial charge on any atom is -0.396 e. The number of aliphatic hydroxyl groups excluding tert-OH is 1. The van der Waals surface area contributed by atoms with E-state index in [0.29, 0.717) is 25.6 Å². The lowest BCUT2D eigenvalue weighted by Crippen LogP contribution is -2.25. The van der Waals surface area contributed by atoms with Crippen LogP contribution in [0.1, 0.15) is 18.9 Å². The van der Waals surface area contributed by atoms with Gasteiger partial charge in [0.05, 0.1) is 11.3 Å². The summed E-state index contributed by atoms with van der Waals surface area (Å²) in [6, 6.07) is 2.48. The number of nitrogens with zero attached hydrogens (tertiary/aromatic N) is 1. The molecule has 0 spiro atoms. The van der Waals surface area contributed by atoms with Crippen molar-refractivity contribution in [3.8, 4) is 0 Å². The van der Waals surface area contributed by atoms with Crippen LogP contribution >= 0.6 is 0 Å². The molecule has 1 rings (SSSR count). The lowest BCUT2D eigenvalue weighted by Gasteiger charge is -2.23. The first-order valence-corrected chi connectivity index (χ1v) is 5.62. The van der Waals surface area contributed by atoms with Gasteiger partial charge in [-0.05, 0) is 31.5 Å². The third-order valence-electron chi connectivity index (χ3n) is 2.58. The molecule has 1 N–H and O–H groups in total. The molecular weight excluding hydrogens is 250 g/mol. The van der Waals surface area contributed by atoms with E-state index in [1.165, 1.54) is 0 Å². The highest BCUT2D eigenvalue weighted by Crippen LogP contribution is 2.32. The molecule has 102 valence electrons. The predicted molar refractivity (Wildman–Crippen MR) is 61.0 cm³/mol. The number of rotatable bonds is 5. The summed E-state index contributed by atoms with van der Waals surface area (Å²) in [7, 11) is 0. The normalized spacial score (nSPS) is 11.7. The van der Waals surface area contributed by atoms with Gasteiger partial charge in [-0.15, -0.1) is 0 Å². The minimum absolute atomic E-state index is 0.0429. The Labute approximate surface area is 103 Å². The molecule has 0 unspecified atom stereocenters. The molecule has 2 nitrogen and oxygen atoms in total. The van der Waals surface area contributed by atoms with Gasteiger partial charge in [-0.25, -0.2) is 4.39 Å². The van der Waals surface area contributed by atoms with Crippen LogP contribution in [-0.4, -0.2) is 24.8 Å². The molecule has 0 fully saturated rings. The molecule has 6 heteroatoms. The molecule has 0 saturated carbocycles. The van der Waals surface area contributed by atoms with Gasteiger partial charge in [0.2, 0.25) is 0 Å². The first-order chi connectivity index (χ1) is 8.40. The Kier molecular flexibility index (Phi) is 4.95. The van der Waals surface area contributed by atoms with Gasteiger partial charge in [0, 0.05) is 19.7 Å². The van der Waals surface area contributed by atoms with E-state index >= 15 is 0 Å². The highest BCUT2D eigenvalue weighted by Gasteiger charge is 2.31. The summed E-state index contributed by atoms with van der Waals surface area (Å²) in [5.74, 6) is -0.899. The molecule has 0 saturated heterocycles. The van der Waals surface area contributed by atoms with E-state index in [1.807, 2.05) is 0 Å². The topological polar surface area (TPSA) is 23.5 Å². The van der Waals surface area contributed by atoms with Gasteiger partial charge in [-0.2, -0.15) is 13.2 Å². The van der Waals surface area contributed by atoms with E-state index in [2.05, 4.69) is 0 Å². The number of alkyl halides is 3. The van der Waals surface area contributed by atoms with Crippen LogP contribution in [0.25, 0.3) is 0 Å². The number of hydrogen-bond acceptors (Lipinski definition) is 2. The van der Waals surface area contributed by atoms with Crippen molar-refractivity contribution in [2.24, 2.45) is 0 Å². The molecule has 0 radical (unpaired) electrons. The van der Waals surface area contributed by atoms with E-state index in [9.17, 15) is 17.6 Å². The summed E-state index contributed by atoms with van der Waals surface area (Å²) in [6.07, 6.45) is -4.10. The van der Waals surface area contributed by atoms with Gasteiger partial charge < -0.3 is 10.0 Å². The molecular formula is C12H15F4NO. The second-order valence-corrected chi connectivity index (χ2v) is 3.82. The molecule has 0 aliphatic carbocycles. The fourth-order valence-electron chi connectivity index (χ4n) is 1.65. The standard InChI is InChI=1S/C12H15F4NO/c1-2-17(6-3-7-18)11-5-4-9(8-10(11)13)12(14,15)16/h4-5,8,18H,2-3,6-7H2,1H3. The van der Waals surface area contributed by atoms with Crippen LogP contribution in [0.15, 0.2) is 18.2 Å². The van der Waals surface area contributed by atoms with Gasteiger partial charge in [-0.1, -0.05) is 0 Å². The summed E-state index contributed by atoms with van der Waals surface area (Å²) >= 11 is 0. The van der Waals surface area contributed by atoms with Crippen molar-refractivity contribution < 1.29 is 22.7 Å². The first kappa shape index (κ1) is 14.8. The van der Waals surface area contributed by atoms with E-state index < -0.39 is 17.6 Å². The Balaban J connectivity index is 2.96. The molecule has 0 atom stereocenters. The van der Waals surface area contributed by atoms with Crippen molar-refractivity contribution in [2.45, 2.75) is 19.5 Å². The van der Waals surface area contributed by atoms with Gasteiger partial charge in [0.15, 0.2) is 0 Å². The zero-order valence-electron chi connectivity index (χ0n) is 9.97. The maximum Gasteiger partial charge on any atom is 0.416 e. The number of halogens is 4. The number of anilines is 1. The Bertz CT molecular complexity index is 392. The van der Waals surface area contributed by atoms with Crippen molar-refractivity contribution in [2.75, 3.05) is 24.6 Å². The minimum atomic E-state index is -4.54. The molecule has 18 heavy (non-hydrogen) atoms. The molecule has 0 aromatic heterocycles. The zero-order valence-corrected chi connectivity index (χ0v) is 9.97. The summed E-state index contributed by atoms with van der Waals surface area (Å²) in [4.78, 5) is 1.59. The quantitative estimate of drug-likeness (QED) is 0.827. The summed E-state index contributed by atoms with van der Waals surface area (Å²) in [5, 5.41) is 8.71. The van der Waals surface area contributed by atoms with Crippen molar-refractivity contribution in [1.82, 2.24) is 0 Å². The number of benzene rings is 1. The molecule has 0 heterocycles. The number of aliphatic hydroxyl groups is 1. The maximum absolute atomic E-state index is 13.6. The molecule has 1 aromatic carbocycles. The van der Waals surface area contributed by atoms with Gasteiger partial charge in [-0.3, -0.25) is 0 Å². The Morgan fingerprint density at radius 2 is 1.94 bits per heavy atom. The lowest BCUT2D eigenvalue weighted by atomic mass is 10.1. The molecule has 0 aliphatic heterocycles. The van der Waals surface area contributed by atoms with Crippen LogP contribution in [0.4, 0.5) is 23.2 Å². The zero-order chi connectivity index (χ0) is 13.8. The first-order valence-electron chi connectivity index (χ1n) is 5.62. The maximum atomic E-state index is 13.6. The van der Waals surface area contributed by atoms with Crippen LogP contribution in [0.3, 0.4) is 0 Å². The van der Waals surface area contributed by atoms with E-state index in [1.54, 1.807) is 11.8 Å². The molecule has 0 amide bonds. The van der Waals surface area contributed by atoms with Crippen molar-refractivity contribution >= 4 is 5.69 Å². The smallest absolute Gasteiger partial charge is 0.396 e. The Morgan fingerprint density at radius 1 is 1.28 bits per heavy atom. The van der Waals surface area contributed by atoms with Crippen molar-refractivity contribution in [3.05, 3.63) is 29.6 Å². The van der Waals surface area contributed by atoms with E-state index in [-0.39, 0.29) is 12.3 Å².